The van der Waals surface area contributed by atoms with Gasteiger partial charge in [0.05, 0.1) is 42.7 Å². The Morgan fingerprint density at radius 3 is 2.54 bits per heavy atom. The number of amides is 1. The Balaban J connectivity index is 1.74. The molecule has 1 aliphatic heterocycles. The van der Waals surface area contributed by atoms with Gasteiger partial charge in [0.25, 0.3) is 5.91 Å². The minimum absolute atomic E-state index is 0.312. The maximum Gasteiger partial charge on any atom is 0.260 e. The van der Waals surface area contributed by atoms with Gasteiger partial charge in [-0.1, -0.05) is 12.1 Å². The minimum Gasteiger partial charge on any atom is -0.497 e. The van der Waals surface area contributed by atoms with Crippen molar-refractivity contribution in [2.45, 2.75) is 11.5 Å². The summed E-state index contributed by atoms with van der Waals surface area (Å²) in [5, 5.41) is 7.54. The largest absolute Gasteiger partial charge is 0.497 e. The maximum absolute atomic E-state index is 12.9. The van der Waals surface area contributed by atoms with E-state index in [1.807, 2.05) is 24.3 Å². The topological polar surface area (TPSA) is 82.4 Å². The molecule has 1 aromatic heterocycles. The lowest BCUT2D eigenvalue weighted by Crippen LogP contribution is -2.17. The minimum atomic E-state index is -1.01. The molecule has 28 heavy (non-hydrogen) atoms. The number of carbonyl (C=O) groups is 1. The van der Waals surface area contributed by atoms with Crippen LogP contribution >= 0.6 is 0 Å². The van der Waals surface area contributed by atoms with Gasteiger partial charge >= 0.3 is 0 Å². The normalized spacial score (nSPS) is 15.1. The number of hydrogen-bond acceptors (Lipinski definition) is 5. The molecule has 0 spiro atoms. The highest BCUT2D eigenvalue weighted by Crippen LogP contribution is 2.32. The first-order valence-corrected chi connectivity index (χ1v) is 10.1. The van der Waals surface area contributed by atoms with Crippen molar-refractivity contribution in [2.24, 2.45) is 0 Å². The Kier molecular flexibility index (Phi) is 4.87. The fourth-order valence-corrected chi connectivity index (χ4v) is 4.44. The van der Waals surface area contributed by atoms with Gasteiger partial charge in [0.2, 0.25) is 0 Å². The number of para-hydroxylation sites is 1. The van der Waals surface area contributed by atoms with Gasteiger partial charge in [-0.15, -0.1) is 0 Å². The van der Waals surface area contributed by atoms with E-state index in [9.17, 15) is 9.00 Å². The summed E-state index contributed by atoms with van der Waals surface area (Å²) in [6.07, 6.45) is 0. The zero-order chi connectivity index (χ0) is 19.7. The van der Waals surface area contributed by atoms with Crippen molar-refractivity contribution in [2.75, 3.05) is 19.5 Å². The van der Waals surface area contributed by atoms with Crippen LogP contribution in [0.4, 0.5) is 5.82 Å². The predicted octanol–water partition coefficient (Wildman–Crippen LogP) is 2.90. The second kappa shape index (κ2) is 7.47. The van der Waals surface area contributed by atoms with Crippen molar-refractivity contribution < 1.29 is 18.5 Å². The molecule has 0 saturated heterocycles. The fraction of sp³-hybridized carbons (Fsp3) is 0.200. The van der Waals surface area contributed by atoms with Crippen molar-refractivity contribution in [3.63, 3.8) is 0 Å². The molecule has 7 nitrogen and oxygen atoms in total. The molecule has 0 aliphatic carbocycles. The molecule has 144 valence electrons. The van der Waals surface area contributed by atoms with Gasteiger partial charge < -0.3 is 14.8 Å². The number of anilines is 1. The second-order valence-electron chi connectivity index (χ2n) is 6.27. The molecule has 0 radical (unpaired) electrons. The lowest BCUT2D eigenvalue weighted by Gasteiger charge is -2.13. The van der Waals surface area contributed by atoms with E-state index in [0.29, 0.717) is 28.6 Å². The third-order valence-corrected chi connectivity index (χ3v) is 5.78. The van der Waals surface area contributed by atoms with Gasteiger partial charge in [-0.25, -0.2) is 4.68 Å². The van der Waals surface area contributed by atoms with E-state index in [1.54, 1.807) is 36.1 Å². The summed E-state index contributed by atoms with van der Waals surface area (Å²) in [4.78, 5) is 12.9. The number of carbonyl (C=O) groups excluding carboxylic acids is 1. The van der Waals surface area contributed by atoms with Gasteiger partial charge in [-0.2, -0.15) is 5.10 Å². The van der Waals surface area contributed by atoms with Gasteiger partial charge in [0.15, 0.2) is 0 Å². The zero-order valence-corrected chi connectivity index (χ0v) is 16.3. The number of nitrogens with zero attached hydrogens (tertiary/aromatic N) is 2. The fourth-order valence-electron chi connectivity index (χ4n) is 3.17. The van der Waals surface area contributed by atoms with Crippen molar-refractivity contribution in [1.82, 2.24) is 9.78 Å². The van der Waals surface area contributed by atoms with Gasteiger partial charge in [0, 0.05) is 16.4 Å². The van der Waals surface area contributed by atoms with Crippen LogP contribution in [-0.2, 0) is 22.3 Å². The average molecular weight is 397 g/mol. The smallest absolute Gasteiger partial charge is 0.260 e. The highest BCUT2D eigenvalue weighted by molar-refractivity contribution is 7.83. The Hall–Kier alpha value is -3.13. The Bertz CT molecular complexity index is 1060. The van der Waals surface area contributed by atoms with E-state index in [1.165, 1.54) is 7.11 Å². The Morgan fingerprint density at radius 1 is 1.07 bits per heavy atom. The first-order valence-electron chi connectivity index (χ1n) is 8.65. The third kappa shape index (κ3) is 3.27. The van der Waals surface area contributed by atoms with Crippen LogP contribution in [0.5, 0.6) is 11.5 Å². The van der Waals surface area contributed by atoms with Gasteiger partial charge in [0.1, 0.15) is 17.3 Å². The quantitative estimate of drug-likeness (QED) is 0.716. The molecular formula is C20H19N3O4S. The third-order valence-electron chi connectivity index (χ3n) is 4.57. The van der Waals surface area contributed by atoms with Gasteiger partial charge in [-0.3, -0.25) is 9.00 Å². The summed E-state index contributed by atoms with van der Waals surface area (Å²) in [5.74, 6) is 2.18. The molecule has 1 atom stereocenters. The Labute approximate surface area is 164 Å². The van der Waals surface area contributed by atoms with Crippen molar-refractivity contribution in [3.8, 4) is 17.2 Å². The number of ether oxygens (including phenoxy) is 2. The number of methoxy groups -OCH3 is 2. The number of benzene rings is 2. The lowest BCUT2D eigenvalue weighted by atomic mass is 10.2. The number of nitrogens with one attached hydrogen (secondary N) is 1. The van der Waals surface area contributed by atoms with E-state index in [4.69, 9.17) is 9.47 Å². The molecule has 8 heteroatoms. The summed E-state index contributed by atoms with van der Waals surface area (Å²) < 4.78 is 24.2. The monoisotopic (exact) mass is 397 g/mol. The summed E-state index contributed by atoms with van der Waals surface area (Å²) in [6.45, 7) is 0. The average Bonchev–Trinajstić information content (AvgIpc) is 3.24. The van der Waals surface area contributed by atoms with Crippen LogP contribution in [0.25, 0.3) is 5.69 Å². The standard InChI is InChI=1S/C20H19N3O4S/c1-26-14-9-7-13(8-10-14)23-19(16-11-28(25)12-17(16)22-23)21-20(24)15-5-3-4-6-18(15)27-2/h3-10H,11-12H2,1-2H3,(H,21,24)/t28-/m0/s1. The van der Waals surface area contributed by atoms with E-state index in [-0.39, 0.29) is 5.91 Å². The van der Waals surface area contributed by atoms with E-state index in [2.05, 4.69) is 10.4 Å². The lowest BCUT2D eigenvalue weighted by molar-refractivity contribution is 0.102. The van der Waals surface area contributed by atoms with Crippen LogP contribution in [0.15, 0.2) is 48.5 Å². The van der Waals surface area contributed by atoms with Crippen molar-refractivity contribution in [1.29, 1.82) is 0 Å². The summed E-state index contributed by atoms with van der Waals surface area (Å²) in [6, 6.07) is 14.4. The first kappa shape index (κ1) is 18.2. The second-order valence-corrected chi connectivity index (χ2v) is 7.72. The number of hydrogen-bond donors (Lipinski definition) is 1. The van der Waals surface area contributed by atoms with E-state index >= 15 is 0 Å². The highest BCUT2D eigenvalue weighted by Gasteiger charge is 2.29. The molecule has 0 unspecified atom stereocenters. The highest BCUT2D eigenvalue weighted by atomic mass is 32.2. The number of rotatable bonds is 5. The van der Waals surface area contributed by atoms with Gasteiger partial charge in [-0.05, 0) is 36.4 Å². The summed E-state index contributed by atoms with van der Waals surface area (Å²) in [5.41, 5.74) is 2.73. The molecule has 1 N–H and O–H groups in total. The first-order chi connectivity index (χ1) is 13.6. The van der Waals surface area contributed by atoms with Crippen LogP contribution in [0.2, 0.25) is 0 Å². The molecule has 0 bridgehead atoms. The number of aromatic nitrogens is 2. The van der Waals surface area contributed by atoms with Crippen LogP contribution in [-0.4, -0.2) is 34.1 Å². The summed E-state index contributed by atoms with van der Waals surface area (Å²) >= 11 is 0. The van der Waals surface area contributed by atoms with E-state index < -0.39 is 10.8 Å². The molecule has 4 rings (SSSR count). The summed E-state index contributed by atoms with van der Waals surface area (Å²) in [7, 11) is 2.12. The molecule has 2 heterocycles. The predicted molar refractivity (Wildman–Crippen MR) is 107 cm³/mol. The SMILES string of the molecule is COc1ccc(-n2nc3c(c2NC(=O)c2ccccc2OC)C[S@](=O)C3)cc1. The molecule has 3 aromatic rings. The van der Waals surface area contributed by atoms with Crippen LogP contribution in [0.3, 0.4) is 0 Å². The molecule has 0 saturated carbocycles. The number of fused-ring (bicyclic) bond motifs is 1. The van der Waals surface area contributed by atoms with Crippen molar-refractivity contribution in [3.05, 3.63) is 65.4 Å². The Morgan fingerprint density at radius 2 is 1.82 bits per heavy atom. The van der Waals surface area contributed by atoms with Crippen LogP contribution < -0.4 is 14.8 Å². The molecule has 1 aliphatic rings. The van der Waals surface area contributed by atoms with Crippen LogP contribution in [0, 0.1) is 0 Å². The maximum atomic E-state index is 12.9. The molecular weight excluding hydrogens is 378 g/mol. The molecule has 2 aromatic carbocycles. The zero-order valence-electron chi connectivity index (χ0n) is 15.5. The van der Waals surface area contributed by atoms with Crippen molar-refractivity contribution >= 4 is 22.5 Å². The van der Waals surface area contributed by atoms with E-state index in [0.717, 1.165) is 22.7 Å². The van der Waals surface area contributed by atoms with Crippen LogP contribution in [0.1, 0.15) is 21.6 Å². The molecule has 1 amide bonds. The molecule has 0 fully saturated rings.